The predicted octanol–water partition coefficient (Wildman–Crippen LogP) is 4.58. The number of nitriles is 1. The highest BCUT2D eigenvalue weighted by atomic mass is 32.2. The molecule has 1 unspecified atom stereocenters. The van der Waals surface area contributed by atoms with Crippen molar-refractivity contribution in [3.05, 3.63) is 76.3 Å². The van der Waals surface area contributed by atoms with Crippen LogP contribution in [-0.4, -0.2) is 41.9 Å². The van der Waals surface area contributed by atoms with Crippen molar-refractivity contribution in [3.63, 3.8) is 0 Å². The van der Waals surface area contributed by atoms with E-state index in [2.05, 4.69) is 53.5 Å². The lowest BCUT2D eigenvalue weighted by atomic mass is 9.96. The Hall–Kier alpha value is -3.37. The monoisotopic (exact) mass is 472 g/mol. The molecule has 1 aliphatic heterocycles. The maximum Gasteiger partial charge on any atom is 0.157 e. The number of aromatic nitrogens is 2. The van der Waals surface area contributed by atoms with Crippen LogP contribution in [0.25, 0.3) is 16.7 Å². The molecule has 3 heterocycles. The van der Waals surface area contributed by atoms with E-state index >= 15 is 0 Å². The van der Waals surface area contributed by atoms with Gasteiger partial charge in [-0.2, -0.15) is 5.26 Å². The van der Waals surface area contributed by atoms with E-state index in [0.717, 1.165) is 33.5 Å². The summed E-state index contributed by atoms with van der Waals surface area (Å²) in [6, 6.07) is 18.6. The SMILES string of the molecule is CCN(c1c(Cc2ccc(C)cc2)c(C)c(C#N)c2nc3ccccc3n12)C1CCS(=O)(=O)C1. The third-order valence-corrected chi connectivity index (χ3v) is 8.72. The van der Waals surface area contributed by atoms with Crippen LogP contribution in [0.5, 0.6) is 0 Å². The van der Waals surface area contributed by atoms with Crippen molar-refractivity contribution in [3.8, 4) is 6.07 Å². The zero-order valence-corrected chi connectivity index (χ0v) is 20.6. The predicted molar refractivity (Wildman–Crippen MR) is 136 cm³/mol. The van der Waals surface area contributed by atoms with Crippen LogP contribution in [0, 0.1) is 25.2 Å². The van der Waals surface area contributed by atoms with Crippen LogP contribution in [0.3, 0.4) is 0 Å². The van der Waals surface area contributed by atoms with Crippen LogP contribution in [0.4, 0.5) is 5.82 Å². The fourth-order valence-corrected chi connectivity index (χ4v) is 6.92. The van der Waals surface area contributed by atoms with Gasteiger partial charge in [-0.15, -0.1) is 0 Å². The molecular weight excluding hydrogens is 444 g/mol. The molecular formula is C27H28N4O2S. The number of fused-ring (bicyclic) bond motifs is 3. The molecule has 174 valence electrons. The van der Waals surface area contributed by atoms with Crippen molar-refractivity contribution in [1.82, 2.24) is 9.38 Å². The summed E-state index contributed by atoms with van der Waals surface area (Å²) in [6.45, 7) is 6.79. The third-order valence-electron chi connectivity index (χ3n) is 6.97. The minimum Gasteiger partial charge on any atom is -0.354 e. The molecule has 0 bridgehead atoms. The van der Waals surface area contributed by atoms with Crippen LogP contribution >= 0.6 is 0 Å². The maximum absolute atomic E-state index is 12.4. The summed E-state index contributed by atoms with van der Waals surface area (Å²) >= 11 is 0. The molecule has 0 saturated carbocycles. The summed E-state index contributed by atoms with van der Waals surface area (Å²) in [5.41, 5.74) is 7.23. The number of aryl methyl sites for hydroxylation is 1. The van der Waals surface area contributed by atoms with E-state index in [1.165, 1.54) is 5.56 Å². The Morgan fingerprint density at radius 3 is 2.53 bits per heavy atom. The Kier molecular flexibility index (Phi) is 5.57. The van der Waals surface area contributed by atoms with Gasteiger partial charge >= 0.3 is 0 Å². The van der Waals surface area contributed by atoms with Crippen LogP contribution in [0.2, 0.25) is 0 Å². The summed E-state index contributed by atoms with van der Waals surface area (Å²) in [5.74, 6) is 1.31. The second-order valence-corrected chi connectivity index (χ2v) is 11.4. The topological polar surface area (TPSA) is 78.5 Å². The van der Waals surface area contributed by atoms with Gasteiger partial charge in [-0.05, 0) is 50.5 Å². The number of imidazole rings is 1. The molecule has 1 saturated heterocycles. The molecule has 4 aromatic rings. The number of rotatable bonds is 5. The number of sulfone groups is 1. The fraction of sp³-hybridized carbons (Fsp3) is 0.333. The lowest BCUT2D eigenvalue weighted by Gasteiger charge is -2.33. The molecule has 1 atom stereocenters. The summed E-state index contributed by atoms with van der Waals surface area (Å²) < 4.78 is 26.9. The average molecular weight is 473 g/mol. The smallest absolute Gasteiger partial charge is 0.157 e. The van der Waals surface area contributed by atoms with Crippen molar-refractivity contribution in [2.75, 3.05) is 23.0 Å². The molecule has 1 fully saturated rings. The van der Waals surface area contributed by atoms with Crippen molar-refractivity contribution < 1.29 is 8.42 Å². The number of hydrogen-bond donors (Lipinski definition) is 0. The minimum atomic E-state index is -3.06. The normalized spacial score (nSPS) is 17.3. The van der Waals surface area contributed by atoms with Gasteiger partial charge in [0.15, 0.2) is 15.5 Å². The Morgan fingerprint density at radius 1 is 1.15 bits per heavy atom. The first-order valence-electron chi connectivity index (χ1n) is 11.7. The summed E-state index contributed by atoms with van der Waals surface area (Å²) in [4.78, 5) is 7.06. The average Bonchev–Trinajstić information content (AvgIpc) is 3.37. The molecule has 1 aliphatic rings. The van der Waals surface area contributed by atoms with E-state index in [1.54, 1.807) is 0 Å². The van der Waals surface area contributed by atoms with E-state index in [0.29, 0.717) is 30.6 Å². The number of pyridine rings is 1. The number of benzene rings is 2. The van der Waals surface area contributed by atoms with Gasteiger partial charge < -0.3 is 4.90 Å². The largest absolute Gasteiger partial charge is 0.354 e. The van der Waals surface area contributed by atoms with Crippen molar-refractivity contribution in [2.45, 2.75) is 39.7 Å². The van der Waals surface area contributed by atoms with Gasteiger partial charge in [0.2, 0.25) is 0 Å². The van der Waals surface area contributed by atoms with Gasteiger partial charge in [-0.3, -0.25) is 4.40 Å². The lowest BCUT2D eigenvalue weighted by Crippen LogP contribution is -2.38. The highest BCUT2D eigenvalue weighted by Gasteiger charge is 2.35. The maximum atomic E-state index is 12.4. The van der Waals surface area contributed by atoms with Gasteiger partial charge in [0.05, 0.1) is 28.1 Å². The first kappa shape index (κ1) is 22.4. The van der Waals surface area contributed by atoms with Crippen LogP contribution in [0.15, 0.2) is 48.5 Å². The molecule has 34 heavy (non-hydrogen) atoms. The summed E-state index contributed by atoms with van der Waals surface area (Å²) in [6.07, 6.45) is 1.25. The molecule has 6 nitrogen and oxygen atoms in total. The Morgan fingerprint density at radius 2 is 1.88 bits per heavy atom. The number of para-hydroxylation sites is 2. The first-order valence-corrected chi connectivity index (χ1v) is 13.5. The second-order valence-electron chi connectivity index (χ2n) is 9.18. The second kappa shape index (κ2) is 8.44. The minimum absolute atomic E-state index is 0.108. The van der Waals surface area contributed by atoms with Crippen molar-refractivity contribution in [1.29, 1.82) is 5.26 Å². The molecule has 0 amide bonds. The first-order chi connectivity index (χ1) is 16.3. The molecule has 7 heteroatoms. The van der Waals surface area contributed by atoms with Crippen molar-refractivity contribution >= 4 is 32.3 Å². The molecule has 0 spiro atoms. The number of nitrogens with zero attached hydrogens (tertiary/aromatic N) is 4. The molecule has 5 rings (SSSR count). The summed E-state index contributed by atoms with van der Waals surface area (Å²) in [7, 11) is -3.06. The molecule has 0 radical (unpaired) electrons. The molecule has 0 N–H and O–H groups in total. The van der Waals surface area contributed by atoms with Crippen molar-refractivity contribution in [2.24, 2.45) is 0 Å². The quantitative estimate of drug-likeness (QED) is 0.425. The van der Waals surface area contributed by atoms with E-state index < -0.39 is 9.84 Å². The van der Waals surface area contributed by atoms with Gasteiger partial charge in [0.25, 0.3) is 0 Å². The fourth-order valence-electron chi connectivity index (χ4n) is 5.19. The zero-order chi connectivity index (χ0) is 24.0. The summed E-state index contributed by atoms with van der Waals surface area (Å²) in [5, 5.41) is 10.1. The van der Waals surface area contributed by atoms with Gasteiger partial charge in [-0.25, -0.2) is 13.4 Å². The highest BCUT2D eigenvalue weighted by Crippen LogP contribution is 2.36. The molecule has 0 aliphatic carbocycles. The molecule has 2 aromatic heterocycles. The Balaban J connectivity index is 1.84. The van der Waals surface area contributed by atoms with E-state index in [4.69, 9.17) is 4.98 Å². The third kappa shape index (κ3) is 3.72. The van der Waals surface area contributed by atoms with Crippen LogP contribution in [-0.2, 0) is 16.3 Å². The van der Waals surface area contributed by atoms with E-state index in [9.17, 15) is 13.7 Å². The van der Waals surface area contributed by atoms with Gasteiger partial charge in [-0.1, -0.05) is 42.0 Å². The molecule has 2 aromatic carbocycles. The Bertz CT molecular complexity index is 1550. The van der Waals surface area contributed by atoms with Crippen LogP contribution in [0.1, 0.15) is 41.2 Å². The Labute approximate surface area is 200 Å². The van der Waals surface area contributed by atoms with E-state index in [1.807, 2.05) is 31.2 Å². The van der Waals surface area contributed by atoms with Gasteiger partial charge in [0.1, 0.15) is 11.9 Å². The van der Waals surface area contributed by atoms with Gasteiger partial charge in [0, 0.05) is 24.6 Å². The number of hydrogen-bond acceptors (Lipinski definition) is 5. The van der Waals surface area contributed by atoms with Crippen LogP contribution < -0.4 is 4.90 Å². The van der Waals surface area contributed by atoms with E-state index in [-0.39, 0.29) is 17.5 Å². The zero-order valence-electron chi connectivity index (χ0n) is 19.7. The standard InChI is InChI=1S/C27H28N4O2S/c1-4-30(21-13-14-34(32,33)17-21)27-22(15-20-11-9-18(2)10-12-20)19(3)23(16-28)26-29-24-7-5-6-8-25(24)31(26)27/h5-12,21H,4,13-15,17H2,1-3H3. The lowest BCUT2D eigenvalue weighted by molar-refractivity contribution is 0.599. The number of anilines is 1. The highest BCUT2D eigenvalue weighted by molar-refractivity contribution is 7.91.